The van der Waals surface area contributed by atoms with Crippen LogP contribution in [0.1, 0.15) is 34.4 Å². The predicted molar refractivity (Wildman–Crippen MR) is 170 cm³/mol. The molecule has 0 aliphatic rings. The quantitative estimate of drug-likeness (QED) is 0.117. The van der Waals surface area contributed by atoms with Gasteiger partial charge in [0.05, 0.1) is 11.6 Å². The standard InChI is InChI=1S/C35H38N4O3/c1-36-31(27-10-6-3-7-11-27)22-38-28-14-12-25(13-15-28)20-21-37-23-32(40)29-16-18-33(35-30(29)17-19-34(41)39-35)42-24-26-8-4-2-5-9-26/h2-19,31-32,36-38,40H,20-24H2,1H3,(H,39,41)/t31-,32-/m0/s1. The Morgan fingerprint density at radius 3 is 2.29 bits per heavy atom. The summed E-state index contributed by atoms with van der Waals surface area (Å²) in [6.45, 7) is 2.30. The molecule has 2 atom stereocenters. The van der Waals surface area contributed by atoms with Crippen molar-refractivity contribution in [3.63, 3.8) is 0 Å². The second-order valence-electron chi connectivity index (χ2n) is 10.3. The van der Waals surface area contributed by atoms with Crippen LogP contribution in [0.4, 0.5) is 5.69 Å². The lowest BCUT2D eigenvalue weighted by Gasteiger charge is -2.18. The van der Waals surface area contributed by atoms with Gasteiger partial charge in [-0.05, 0) is 66.5 Å². The Labute approximate surface area is 246 Å². The largest absolute Gasteiger partial charge is 0.487 e. The molecular weight excluding hydrogens is 524 g/mol. The van der Waals surface area contributed by atoms with Crippen LogP contribution in [0.5, 0.6) is 5.75 Å². The van der Waals surface area contributed by atoms with E-state index in [2.05, 4.69) is 69.5 Å². The highest BCUT2D eigenvalue weighted by atomic mass is 16.5. The van der Waals surface area contributed by atoms with E-state index < -0.39 is 6.10 Å². The topological polar surface area (TPSA) is 98.4 Å². The van der Waals surface area contributed by atoms with Crippen LogP contribution in [0.25, 0.3) is 10.9 Å². The number of rotatable bonds is 14. The highest BCUT2D eigenvalue weighted by Crippen LogP contribution is 2.30. The molecule has 0 unspecified atom stereocenters. The molecule has 216 valence electrons. The van der Waals surface area contributed by atoms with Gasteiger partial charge in [0.25, 0.3) is 0 Å². The summed E-state index contributed by atoms with van der Waals surface area (Å²) in [4.78, 5) is 15.0. The van der Waals surface area contributed by atoms with Crippen molar-refractivity contribution >= 4 is 16.6 Å². The van der Waals surface area contributed by atoms with Gasteiger partial charge in [-0.25, -0.2) is 0 Å². The van der Waals surface area contributed by atoms with Gasteiger partial charge in [0.15, 0.2) is 0 Å². The molecule has 0 saturated heterocycles. The molecule has 5 aromatic rings. The van der Waals surface area contributed by atoms with Gasteiger partial charge in [-0.1, -0.05) is 78.9 Å². The number of likely N-dealkylation sites (N-methyl/N-ethyl adjacent to an activating group) is 1. The monoisotopic (exact) mass is 562 g/mol. The molecule has 0 aliphatic heterocycles. The minimum Gasteiger partial charge on any atom is -0.487 e. The third-order valence-electron chi connectivity index (χ3n) is 7.43. The summed E-state index contributed by atoms with van der Waals surface area (Å²) >= 11 is 0. The lowest BCUT2D eigenvalue weighted by Crippen LogP contribution is -2.24. The Hall–Kier alpha value is -4.43. The van der Waals surface area contributed by atoms with Gasteiger partial charge < -0.3 is 30.8 Å². The fourth-order valence-corrected chi connectivity index (χ4v) is 5.06. The fourth-order valence-electron chi connectivity index (χ4n) is 5.06. The normalized spacial score (nSPS) is 12.6. The van der Waals surface area contributed by atoms with Crippen LogP contribution in [0.15, 0.2) is 114 Å². The van der Waals surface area contributed by atoms with E-state index in [1.807, 2.05) is 55.6 Å². The van der Waals surface area contributed by atoms with Crippen LogP contribution in [0.3, 0.4) is 0 Å². The first-order valence-electron chi connectivity index (χ1n) is 14.4. The van der Waals surface area contributed by atoms with E-state index in [-0.39, 0.29) is 11.6 Å². The molecule has 42 heavy (non-hydrogen) atoms. The fraction of sp³-hybridized carbons (Fsp3) is 0.229. The number of benzene rings is 4. The summed E-state index contributed by atoms with van der Waals surface area (Å²) in [5.74, 6) is 0.579. The molecule has 4 aromatic carbocycles. The number of hydrogen-bond acceptors (Lipinski definition) is 6. The highest BCUT2D eigenvalue weighted by Gasteiger charge is 2.15. The number of aromatic nitrogens is 1. The smallest absolute Gasteiger partial charge is 0.248 e. The second kappa shape index (κ2) is 14.5. The van der Waals surface area contributed by atoms with Crippen molar-refractivity contribution in [3.8, 4) is 5.75 Å². The number of aliphatic hydroxyl groups excluding tert-OH is 1. The van der Waals surface area contributed by atoms with E-state index in [0.717, 1.165) is 41.7 Å². The second-order valence-corrected chi connectivity index (χ2v) is 10.3. The SMILES string of the molecule is CN[C@@H](CNc1ccc(CCNC[C@H](O)c2ccc(OCc3ccccc3)c3[nH]c(=O)ccc23)cc1)c1ccccc1. The number of ether oxygens (including phenoxy) is 1. The number of H-pyrrole nitrogens is 1. The first-order chi connectivity index (χ1) is 20.6. The van der Waals surface area contributed by atoms with Gasteiger partial charge in [-0.2, -0.15) is 0 Å². The summed E-state index contributed by atoms with van der Waals surface area (Å²) in [6, 6.07) is 35.9. The summed E-state index contributed by atoms with van der Waals surface area (Å²) < 4.78 is 6.03. The number of pyridine rings is 1. The zero-order chi connectivity index (χ0) is 29.1. The zero-order valence-electron chi connectivity index (χ0n) is 23.8. The van der Waals surface area contributed by atoms with Gasteiger partial charge in [0.2, 0.25) is 5.56 Å². The van der Waals surface area contributed by atoms with E-state index in [4.69, 9.17) is 4.74 Å². The van der Waals surface area contributed by atoms with Gasteiger partial charge >= 0.3 is 0 Å². The first-order valence-corrected chi connectivity index (χ1v) is 14.4. The number of nitrogens with one attached hydrogen (secondary N) is 4. The van der Waals surface area contributed by atoms with Crippen LogP contribution in [0.2, 0.25) is 0 Å². The molecule has 5 N–H and O–H groups in total. The minimum atomic E-state index is -0.738. The first kappa shape index (κ1) is 29.1. The molecule has 0 aliphatic carbocycles. The molecule has 7 heteroatoms. The third-order valence-corrected chi connectivity index (χ3v) is 7.43. The Bertz CT molecular complexity index is 1610. The maximum atomic E-state index is 12.1. The minimum absolute atomic E-state index is 0.212. The molecule has 0 radical (unpaired) electrons. The number of aliphatic hydroxyl groups is 1. The van der Waals surface area contributed by atoms with Crippen molar-refractivity contribution in [2.24, 2.45) is 0 Å². The average Bonchev–Trinajstić information content (AvgIpc) is 3.03. The zero-order valence-corrected chi connectivity index (χ0v) is 23.8. The third kappa shape index (κ3) is 7.64. The van der Waals surface area contributed by atoms with E-state index in [0.29, 0.717) is 24.4 Å². The van der Waals surface area contributed by atoms with Crippen molar-refractivity contribution in [1.29, 1.82) is 0 Å². The van der Waals surface area contributed by atoms with Gasteiger partial charge in [-0.3, -0.25) is 4.79 Å². The molecule has 0 amide bonds. The van der Waals surface area contributed by atoms with Crippen LogP contribution < -0.4 is 26.2 Å². The Balaban J connectivity index is 1.13. The molecular formula is C35H38N4O3. The highest BCUT2D eigenvalue weighted by molar-refractivity contribution is 5.87. The number of aromatic amines is 1. The molecule has 1 heterocycles. The van der Waals surface area contributed by atoms with Crippen molar-refractivity contribution in [3.05, 3.63) is 142 Å². The summed E-state index contributed by atoms with van der Waals surface area (Å²) in [5, 5.41) is 22.0. The van der Waals surface area contributed by atoms with E-state index >= 15 is 0 Å². The lowest BCUT2D eigenvalue weighted by molar-refractivity contribution is 0.176. The maximum absolute atomic E-state index is 12.1. The van der Waals surface area contributed by atoms with Crippen molar-refractivity contribution in [2.45, 2.75) is 25.2 Å². The molecule has 7 nitrogen and oxygen atoms in total. The van der Waals surface area contributed by atoms with E-state index in [1.165, 1.54) is 17.2 Å². The van der Waals surface area contributed by atoms with Gasteiger partial charge in [-0.15, -0.1) is 0 Å². The Morgan fingerprint density at radius 1 is 0.810 bits per heavy atom. The van der Waals surface area contributed by atoms with E-state index in [9.17, 15) is 9.90 Å². The average molecular weight is 563 g/mol. The summed E-state index contributed by atoms with van der Waals surface area (Å²) in [6.07, 6.45) is 0.106. The van der Waals surface area contributed by atoms with Crippen LogP contribution >= 0.6 is 0 Å². The molecule has 0 bridgehead atoms. The maximum Gasteiger partial charge on any atom is 0.248 e. The molecule has 0 fully saturated rings. The van der Waals surface area contributed by atoms with Gasteiger partial charge in [0, 0.05) is 36.3 Å². The van der Waals surface area contributed by atoms with Crippen LogP contribution in [0, 0.1) is 0 Å². The van der Waals surface area contributed by atoms with Crippen LogP contribution in [-0.4, -0.2) is 36.8 Å². The number of fused-ring (bicyclic) bond motifs is 1. The molecule has 1 aromatic heterocycles. The predicted octanol–water partition coefficient (Wildman–Crippen LogP) is 5.35. The molecule has 0 saturated carbocycles. The van der Waals surface area contributed by atoms with E-state index in [1.54, 1.807) is 6.07 Å². The lowest BCUT2D eigenvalue weighted by atomic mass is 10.0. The number of hydrogen-bond donors (Lipinski definition) is 5. The summed E-state index contributed by atoms with van der Waals surface area (Å²) in [7, 11) is 1.98. The van der Waals surface area contributed by atoms with Gasteiger partial charge in [0.1, 0.15) is 12.4 Å². The molecule has 0 spiro atoms. The molecule has 5 rings (SSSR count). The van der Waals surface area contributed by atoms with Crippen LogP contribution in [-0.2, 0) is 13.0 Å². The summed E-state index contributed by atoms with van der Waals surface area (Å²) in [5.41, 5.74) is 5.72. The van der Waals surface area contributed by atoms with Crippen molar-refractivity contribution in [2.75, 3.05) is 32.0 Å². The number of anilines is 1. The van der Waals surface area contributed by atoms with Crippen molar-refractivity contribution < 1.29 is 9.84 Å². The van der Waals surface area contributed by atoms with Crippen molar-refractivity contribution in [1.82, 2.24) is 15.6 Å². The Kier molecular flexibility index (Phi) is 10.0. The Morgan fingerprint density at radius 2 is 1.55 bits per heavy atom.